The van der Waals surface area contributed by atoms with Crippen molar-refractivity contribution in [3.63, 3.8) is 0 Å². The van der Waals surface area contributed by atoms with Crippen molar-refractivity contribution in [2.75, 3.05) is 11.4 Å². The average Bonchev–Trinajstić information content (AvgIpc) is 3.27. The molecule has 1 amide bonds. The van der Waals surface area contributed by atoms with Gasteiger partial charge in [0.15, 0.2) is 14.1 Å². The standard InChI is InChI=1S/C25H32FN5O3SSi/c1-24(2,3)36(4,5)34-15-17-14-28-22(35-17)19-9-10-20(30-29-19)31(23(32)33)16-25(11-7-12-25)21-18(26)8-6-13-27-21/h6,8-10,13-14H,7,11-12,15-16H2,1-5H3,(H,32,33). The second-order valence-corrected chi connectivity index (χ2v) is 16.7. The average molecular weight is 530 g/mol. The molecule has 3 aromatic rings. The summed E-state index contributed by atoms with van der Waals surface area (Å²) in [6.45, 7) is 11.6. The van der Waals surface area contributed by atoms with E-state index in [-0.39, 0.29) is 17.4 Å². The Morgan fingerprint density at radius 2 is 1.97 bits per heavy atom. The summed E-state index contributed by atoms with van der Waals surface area (Å²) in [4.78, 5) is 23.0. The number of aromatic nitrogens is 4. The second kappa shape index (κ2) is 9.95. The van der Waals surface area contributed by atoms with Crippen LogP contribution >= 0.6 is 11.3 Å². The molecule has 3 heterocycles. The SMILES string of the molecule is CC(C)(C)[Si](C)(C)OCc1cnc(-c2ccc(N(CC3(c4ncccc4F)CCC3)C(=O)O)nn2)s1. The number of thiazole rings is 1. The van der Waals surface area contributed by atoms with Gasteiger partial charge in [-0.25, -0.2) is 14.2 Å². The molecule has 0 radical (unpaired) electrons. The van der Waals surface area contributed by atoms with E-state index in [4.69, 9.17) is 4.43 Å². The molecule has 1 fully saturated rings. The van der Waals surface area contributed by atoms with Gasteiger partial charge in [-0.05, 0) is 55.2 Å². The van der Waals surface area contributed by atoms with Crippen LogP contribution in [0.2, 0.25) is 18.1 Å². The largest absolute Gasteiger partial charge is 0.465 e. The van der Waals surface area contributed by atoms with Crippen molar-refractivity contribution in [2.45, 2.75) is 70.2 Å². The Balaban J connectivity index is 1.49. The molecule has 0 aliphatic heterocycles. The van der Waals surface area contributed by atoms with Gasteiger partial charge in [-0.3, -0.25) is 9.88 Å². The maximum Gasteiger partial charge on any atom is 0.413 e. The fourth-order valence-electron chi connectivity index (χ4n) is 3.94. The molecule has 1 aliphatic carbocycles. The fraction of sp³-hybridized carbons (Fsp3) is 0.480. The van der Waals surface area contributed by atoms with Gasteiger partial charge in [-0.2, -0.15) is 0 Å². The molecule has 0 saturated heterocycles. The lowest BCUT2D eigenvalue weighted by Crippen LogP contribution is -2.49. The van der Waals surface area contributed by atoms with Crippen LogP contribution in [0.25, 0.3) is 10.7 Å². The Kier molecular flexibility index (Phi) is 7.27. The van der Waals surface area contributed by atoms with E-state index in [2.05, 4.69) is 54.0 Å². The molecule has 0 unspecified atom stereocenters. The molecular weight excluding hydrogens is 497 g/mol. The molecular formula is C25H32FN5O3SSi. The van der Waals surface area contributed by atoms with Crippen molar-refractivity contribution in [3.05, 3.63) is 53.0 Å². The topological polar surface area (TPSA) is 101 Å². The second-order valence-electron chi connectivity index (χ2n) is 10.8. The molecule has 1 aliphatic rings. The summed E-state index contributed by atoms with van der Waals surface area (Å²) >= 11 is 1.48. The number of hydrogen-bond acceptors (Lipinski definition) is 7. The summed E-state index contributed by atoms with van der Waals surface area (Å²) in [5.74, 6) is -0.229. The number of carboxylic acid groups (broad SMARTS) is 1. The Morgan fingerprint density at radius 3 is 2.53 bits per heavy atom. The highest BCUT2D eigenvalue weighted by Crippen LogP contribution is 2.45. The quantitative estimate of drug-likeness (QED) is 0.344. The lowest BCUT2D eigenvalue weighted by molar-refractivity contribution is 0.188. The summed E-state index contributed by atoms with van der Waals surface area (Å²) in [6.07, 6.45) is 4.37. The van der Waals surface area contributed by atoms with Gasteiger partial charge in [0.2, 0.25) is 0 Å². The fourth-order valence-corrected chi connectivity index (χ4v) is 5.79. The number of nitrogens with zero attached hydrogens (tertiary/aromatic N) is 5. The van der Waals surface area contributed by atoms with Gasteiger partial charge in [-0.15, -0.1) is 21.5 Å². The molecule has 0 aromatic carbocycles. The van der Waals surface area contributed by atoms with Crippen LogP contribution in [-0.2, 0) is 16.4 Å². The minimum atomic E-state index is -1.87. The number of halogens is 1. The van der Waals surface area contributed by atoms with Gasteiger partial charge in [0.25, 0.3) is 0 Å². The van der Waals surface area contributed by atoms with Crippen LogP contribution in [0, 0.1) is 5.82 Å². The van der Waals surface area contributed by atoms with Crippen LogP contribution in [0.3, 0.4) is 0 Å². The molecule has 1 saturated carbocycles. The van der Waals surface area contributed by atoms with Gasteiger partial charge in [-0.1, -0.05) is 27.2 Å². The highest BCUT2D eigenvalue weighted by Gasteiger charge is 2.45. The van der Waals surface area contributed by atoms with E-state index in [0.717, 1.165) is 16.2 Å². The van der Waals surface area contributed by atoms with Gasteiger partial charge < -0.3 is 9.53 Å². The molecule has 1 N–H and O–H groups in total. The third-order valence-electron chi connectivity index (χ3n) is 7.34. The number of pyridine rings is 1. The Bertz CT molecular complexity index is 1220. The molecule has 36 heavy (non-hydrogen) atoms. The molecule has 0 bridgehead atoms. The van der Waals surface area contributed by atoms with Gasteiger partial charge in [0.1, 0.15) is 16.5 Å². The Hall–Kier alpha value is -2.76. The minimum absolute atomic E-state index is 0.0660. The molecule has 0 atom stereocenters. The first-order valence-electron chi connectivity index (χ1n) is 12.0. The number of amides is 1. The Morgan fingerprint density at radius 1 is 1.22 bits per heavy atom. The van der Waals surface area contributed by atoms with Crippen molar-refractivity contribution in [2.24, 2.45) is 0 Å². The van der Waals surface area contributed by atoms with Crippen molar-refractivity contribution in [1.82, 2.24) is 20.2 Å². The van der Waals surface area contributed by atoms with Crippen molar-refractivity contribution in [3.8, 4) is 10.7 Å². The van der Waals surface area contributed by atoms with Crippen molar-refractivity contribution < 1.29 is 18.7 Å². The van der Waals surface area contributed by atoms with E-state index < -0.39 is 25.6 Å². The van der Waals surface area contributed by atoms with E-state index in [9.17, 15) is 14.3 Å². The lowest BCUT2D eigenvalue weighted by atomic mass is 9.66. The van der Waals surface area contributed by atoms with Crippen LogP contribution in [0.5, 0.6) is 0 Å². The lowest BCUT2D eigenvalue weighted by Gasteiger charge is -2.43. The Labute approximate surface area is 215 Å². The van der Waals surface area contributed by atoms with Gasteiger partial charge in [0, 0.05) is 29.2 Å². The van der Waals surface area contributed by atoms with E-state index in [1.165, 1.54) is 29.7 Å². The van der Waals surface area contributed by atoms with Crippen LogP contribution < -0.4 is 4.90 Å². The number of hydrogen-bond donors (Lipinski definition) is 1. The zero-order chi connectivity index (χ0) is 26.1. The molecule has 4 rings (SSSR count). The zero-order valence-electron chi connectivity index (χ0n) is 21.3. The summed E-state index contributed by atoms with van der Waals surface area (Å²) in [5.41, 5.74) is 0.197. The van der Waals surface area contributed by atoms with E-state index in [1.54, 1.807) is 18.3 Å². The highest BCUT2D eigenvalue weighted by atomic mass is 32.1. The molecule has 8 nitrogen and oxygen atoms in total. The number of carbonyl (C=O) groups is 1. The third kappa shape index (κ3) is 5.32. The van der Waals surface area contributed by atoms with E-state index in [1.807, 2.05) is 0 Å². The monoisotopic (exact) mass is 529 g/mol. The summed E-state index contributed by atoms with van der Waals surface area (Å²) in [5, 5.41) is 19.2. The first-order valence-corrected chi connectivity index (χ1v) is 15.7. The smallest absolute Gasteiger partial charge is 0.413 e. The van der Waals surface area contributed by atoms with Crippen molar-refractivity contribution >= 4 is 31.6 Å². The van der Waals surface area contributed by atoms with Crippen molar-refractivity contribution in [1.29, 1.82) is 0 Å². The van der Waals surface area contributed by atoms with Crippen LogP contribution in [0.4, 0.5) is 15.0 Å². The summed E-state index contributed by atoms with van der Waals surface area (Å²) in [6, 6.07) is 6.23. The van der Waals surface area contributed by atoms with Crippen LogP contribution in [0.1, 0.15) is 50.6 Å². The minimum Gasteiger partial charge on any atom is -0.465 e. The molecule has 192 valence electrons. The van der Waals surface area contributed by atoms with E-state index in [0.29, 0.717) is 35.8 Å². The van der Waals surface area contributed by atoms with Gasteiger partial charge >= 0.3 is 6.09 Å². The maximum absolute atomic E-state index is 14.5. The molecule has 11 heteroatoms. The molecule has 0 spiro atoms. The number of anilines is 1. The zero-order valence-corrected chi connectivity index (χ0v) is 23.1. The van der Waals surface area contributed by atoms with E-state index >= 15 is 0 Å². The third-order valence-corrected chi connectivity index (χ3v) is 12.8. The van der Waals surface area contributed by atoms with Crippen LogP contribution in [-0.4, -0.2) is 46.2 Å². The summed E-state index contributed by atoms with van der Waals surface area (Å²) < 4.78 is 20.8. The summed E-state index contributed by atoms with van der Waals surface area (Å²) in [7, 11) is -1.87. The first kappa shape index (κ1) is 26.3. The number of rotatable bonds is 8. The first-order chi connectivity index (χ1) is 16.9. The maximum atomic E-state index is 14.5. The highest BCUT2D eigenvalue weighted by molar-refractivity contribution is 7.15. The predicted molar refractivity (Wildman–Crippen MR) is 140 cm³/mol. The normalized spacial score (nSPS) is 15.4. The molecule has 3 aromatic heterocycles. The van der Waals surface area contributed by atoms with Gasteiger partial charge in [0.05, 0.1) is 12.3 Å². The predicted octanol–water partition coefficient (Wildman–Crippen LogP) is 6.26. The van der Waals surface area contributed by atoms with Crippen LogP contribution in [0.15, 0.2) is 36.7 Å².